The Bertz CT molecular complexity index is 791. The molecule has 2 amide bonds. The van der Waals surface area contributed by atoms with E-state index in [2.05, 4.69) is 25.5 Å². The highest BCUT2D eigenvalue weighted by Crippen LogP contribution is 2.22. The lowest BCUT2D eigenvalue weighted by Crippen LogP contribution is -2.30. The minimum atomic E-state index is -0.128. The highest BCUT2D eigenvalue weighted by Gasteiger charge is 2.13. The highest BCUT2D eigenvalue weighted by molar-refractivity contribution is 7.99. The van der Waals surface area contributed by atoms with Gasteiger partial charge in [-0.05, 0) is 43.5 Å². The van der Waals surface area contributed by atoms with Crippen molar-refractivity contribution < 1.29 is 9.59 Å². The van der Waals surface area contributed by atoms with Gasteiger partial charge in [0.25, 0.3) is 0 Å². The number of benzene rings is 1. The number of carbonyl (C=O) groups is 2. The molecular weight excluding hydrogens is 362 g/mol. The molecule has 0 bridgehead atoms. The van der Waals surface area contributed by atoms with E-state index in [1.54, 1.807) is 30.6 Å². The minimum Gasteiger partial charge on any atom is -0.356 e. The predicted molar refractivity (Wildman–Crippen MR) is 108 cm³/mol. The Labute approximate surface area is 163 Å². The summed E-state index contributed by atoms with van der Waals surface area (Å²) >= 11 is 1.39. The number of aromatic nitrogens is 2. The number of nitrogens with one attached hydrogen (secondary N) is 2. The van der Waals surface area contributed by atoms with Gasteiger partial charge in [-0.15, -0.1) is 0 Å². The van der Waals surface area contributed by atoms with Crippen LogP contribution in [0.5, 0.6) is 0 Å². The van der Waals surface area contributed by atoms with Crippen molar-refractivity contribution in [3.63, 3.8) is 0 Å². The summed E-state index contributed by atoms with van der Waals surface area (Å²) in [6.07, 6.45) is 5.21. The average molecular weight is 385 g/mol. The second-order valence-corrected chi connectivity index (χ2v) is 7.35. The van der Waals surface area contributed by atoms with Crippen molar-refractivity contribution in [2.75, 3.05) is 34.4 Å². The molecule has 1 aliphatic heterocycles. The van der Waals surface area contributed by atoms with Gasteiger partial charge in [-0.25, -0.2) is 9.97 Å². The second kappa shape index (κ2) is 9.36. The van der Waals surface area contributed by atoms with Gasteiger partial charge in [0.15, 0.2) is 0 Å². The molecule has 1 fully saturated rings. The van der Waals surface area contributed by atoms with Gasteiger partial charge in [-0.1, -0.05) is 11.8 Å². The fraction of sp³-hybridized carbons (Fsp3) is 0.368. The van der Waals surface area contributed by atoms with Crippen molar-refractivity contribution in [1.82, 2.24) is 9.97 Å². The molecule has 0 atom stereocenters. The first-order chi connectivity index (χ1) is 13.1. The zero-order chi connectivity index (χ0) is 19.1. The van der Waals surface area contributed by atoms with Gasteiger partial charge in [-0.3, -0.25) is 9.59 Å². The Morgan fingerprint density at radius 2 is 1.70 bits per heavy atom. The van der Waals surface area contributed by atoms with Crippen LogP contribution in [-0.2, 0) is 9.59 Å². The molecule has 8 heteroatoms. The summed E-state index contributed by atoms with van der Waals surface area (Å²) in [7, 11) is 0. The van der Waals surface area contributed by atoms with Gasteiger partial charge in [0, 0.05) is 37.5 Å². The maximum atomic E-state index is 12.2. The molecule has 0 saturated carbocycles. The van der Waals surface area contributed by atoms with Gasteiger partial charge in [0.2, 0.25) is 11.8 Å². The number of hydrogen-bond donors (Lipinski definition) is 2. The van der Waals surface area contributed by atoms with Gasteiger partial charge >= 0.3 is 0 Å². The Morgan fingerprint density at radius 1 is 1.04 bits per heavy atom. The Kier molecular flexibility index (Phi) is 6.64. The molecule has 2 N–H and O–H groups in total. The smallest absolute Gasteiger partial charge is 0.234 e. The largest absolute Gasteiger partial charge is 0.356 e. The maximum absolute atomic E-state index is 12.2. The first-order valence-electron chi connectivity index (χ1n) is 8.97. The third kappa shape index (κ3) is 5.96. The van der Waals surface area contributed by atoms with Crippen molar-refractivity contribution in [2.24, 2.45) is 0 Å². The number of thioether (sulfide) groups is 1. The van der Waals surface area contributed by atoms with Gasteiger partial charge < -0.3 is 15.5 Å². The Hall–Kier alpha value is -2.61. The van der Waals surface area contributed by atoms with E-state index in [4.69, 9.17) is 0 Å². The molecule has 2 aromatic rings. The third-order valence-electron chi connectivity index (χ3n) is 4.15. The lowest BCUT2D eigenvalue weighted by molar-refractivity contribution is -0.114. The van der Waals surface area contributed by atoms with Gasteiger partial charge in [0.1, 0.15) is 17.2 Å². The van der Waals surface area contributed by atoms with Crippen LogP contribution in [0.3, 0.4) is 0 Å². The van der Waals surface area contributed by atoms with Crippen LogP contribution in [0.25, 0.3) is 0 Å². The SMILES string of the molecule is CC(=O)Nc1ccc(NC(=O)CSc2cc(N3CCCCC3)ncn2)cc1. The van der Waals surface area contributed by atoms with E-state index in [1.807, 2.05) is 6.07 Å². The van der Waals surface area contributed by atoms with Crippen LogP contribution in [0.4, 0.5) is 17.2 Å². The number of hydrogen-bond acceptors (Lipinski definition) is 6. The van der Waals surface area contributed by atoms with Gasteiger partial charge in [0.05, 0.1) is 5.75 Å². The van der Waals surface area contributed by atoms with Crippen LogP contribution in [-0.4, -0.2) is 40.6 Å². The van der Waals surface area contributed by atoms with Crippen molar-refractivity contribution in [3.05, 3.63) is 36.7 Å². The Morgan fingerprint density at radius 3 is 2.37 bits per heavy atom. The lowest BCUT2D eigenvalue weighted by atomic mass is 10.1. The molecule has 0 radical (unpaired) electrons. The van der Waals surface area contributed by atoms with Crippen LogP contribution < -0.4 is 15.5 Å². The van der Waals surface area contributed by atoms with Crippen LogP contribution in [0.2, 0.25) is 0 Å². The van der Waals surface area contributed by atoms with Crippen LogP contribution in [0, 0.1) is 0 Å². The number of rotatable bonds is 6. The quantitative estimate of drug-likeness (QED) is 0.587. The highest BCUT2D eigenvalue weighted by atomic mass is 32.2. The summed E-state index contributed by atoms with van der Waals surface area (Å²) in [5, 5.41) is 6.33. The number of nitrogens with zero attached hydrogens (tertiary/aromatic N) is 3. The summed E-state index contributed by atoms with van der Waals surface area (Å²) in [6, 6.07) is 8.96. The average Bonchev–Trinajstić information content (AvgIpc) is 2.68. The topological polar surface area (TPSA) is 87.2 Å². The molecule has 0 unspecified atom stereocenters. The van der Waals surface area contributed by atoms with E-state index < -0.39 is 0 Å². The van der Waals surface area contributed by atoms with E-state index >= 15 is 0 Å². The predicted octanol–water partition coefficient (Wildman–Crippen LogP) is 3.16. The number of anilines is 3. The minimum absolute atomic E-state index is 0.106. The first kappa shape index (κ1) is 19.2. The molecule has 1 saturated heterocycles. The summed E-state index contributed by atoms with van der Waals surface area (Å²) in [6.45, 7) is 3.50. The van der Waals surface area contributed by atoms with Crippen LogP contribution >= 0.6 is 11.8 Å². The standard InChI is InChI=1S/C19H23N5O2S/c1-14(25)22-15-5-7-16(8-6-15)23-18(26)12-27-19-11-17(20-13-21-19)24-9-3-2-4-10-24/h5-8,11,13H,2-4,9-10,12H2,1H3,(H,22,25)(H,23,26). The maximum Gasteiger partial charge on any atom is 0.234 e. The van der Waals surface area contributed by atoms with Crippen molar-refractivity contribution in [3.8, 4) is 0 Å². The molecule has 1 aromatic carbocycles. The normalized spacial score (nSPS) is 13.9. The molecule has 3 rings (SSSR count). The monoisotopic (exact) mass is 385 g/mol. The van der Waals surface area contributed by atoms with E-state index in [-0.39, 0.29) is 17.6 Å². The number of carbonyl (C=O) groups excluding carboxylic acids is 2. The molecule has 7 nitrogen and oxygen atoms in total. The van der Waals surface area contributed by atoms with Crippen molar-refractivity contribution in [1.29, 1.82) is 0 Å². The number of piperidine rings is 1. The summed E-state index contributed by atoms with van der Waals surface area (Å²) in [4.78, 5) is 34.1. The molecule has 1 aliphatic rings. The summed E-state index contributed by atoms with van der Waals surface area (Å²) < 4.78 is 0. The molecule has 142 valence electrons. The zero-order valence-electron chi connectivity index (χ0n) is 15.3. The van der Waals surface area contributed by atoms with Crippen molar-refractivity contribution >= 4 is 40.8 Å². The fourth-order valence-corrected chi connectivity index (χ4v) is 3.54. The summed E-state index contributed by atoms with van der Waals surface area (Å²) in [5.74, 6) is 0.965. The van der Waals surface area contributed by atoms with E-state index in [9.17, 15) is 9.59 Å². The fourth-order valence-electron chi connectivity index (χ4n) is 2.88. The third-order valence-corrected chi connectivity index (χ3v) is 5.07. The van der Waals surface area contributed by atoms with E-state index in [1.165, 1.54) is 37.9 Å². The Balaban J connectivity index is 1.51. The second-order valence-electron chi connectivity index (χ2n) is 6.36. The van der Waals surface area contributed by atoms with Crippen LogP contribution in [0.15, 0.2) is 41.7 Å². The molecule has 27 heavy (non-hydrogen) atoms. The summed E-state index contributed by atoms with van der Waals surface area (Å²) in [5.41, 5.74) is 1.38. The molecule has 1 aromatic heterocycles. The number of amides is 2. The van der Waals surface area contributed by atoms with E-state index in [0.717, 1.165) is 23.9 Å². The lowest BCUT2D eigenvalue weighted by Gasteiger charge is -2.27. The zero-order valence-corrected chi connectivity index (χ0v) is 16.1. The molecule has 0 spiro atoms. The van der Waals surface area contributed by atoms with Gasteiger partial charge in [-0.2, -0.15) is 0 Å². The molecule has 2 heterocycles. The van der Waals surface area contributed by atoms with Crippen molar-refractivity contribution in [2.45, 2.75) is 31.2 Å². The molecule has 0 aliphatic carbocycles. The van der Waals surface area contributed by atoms with Crippen LogP contribution in [0.1, 0.15) is 26.2 Å². The van der Waals surface area contributed by atoms with E-state index in [0.29, 0.717) is 11.4 Å². The molecular formula is C19H23N5O2S. The first-order valence-corrected chi connectivity index (χ1v) is 9.96.